The van der Waals surface area contributed by atoms with Crippen molar-refractivity contribution in [3.05, 3.63) is 0 Å². The van der Waals surface area contributed by atoms with Gasteiger partial charge in [-0.3, -0.25) is 4.79 Å². The van der Waals surface area contributed by atoms with E-state index in [-0.39, 0.29) is 30.1 Å². The molecule has 4 heteroatoms. The van der Waals surface area contributed by atoms with Crippen LogP contribution in [0.3, 0.4) is 0 Å². The minimum Gasteiger partial charge on any atom is -0.373 e. The second kappa shape index (κ2) is 6.23. The van der Waals surface area contributed by atoms with Crippen LogP contribution in [0.5, 0.6) is 0 Å². The monoisotopic (exact) mass is 267 g/mol. The van der Waals surface area contributed by atoms with Crippen LogP contribution in [-0.2, 0) is 14.3 Å². The van der Waals surface area contributed by atoms with Crippen LogP contribution in [0.15, 0.2) is 0 Å². The summed E-state index contributed by atoms with van der Waals surface area (Å²) in [5.41, 5.74) is 0. The van der Waals surface area contributed by atoms with E-state index in [4.69, 9.17) is 9.47 Å². The van der Waals surface area contributed by atoms with Gasteiger partial charge in [0, 0.05) is 12.0 Å². The highest BCUT2D eigenvalue weighted by molar-refractivity contribution is 5.79. The number of amides is 1. The van der Waals surface area contributed by atoms with Crippen molar-refractivity contribution in [2.45, 2.75) is 69.6 Å². The van der Waals surface area contributed by atoms with Gasteiger partial charge >= 0.3 is 0 Å². The third-order valence-corrected chi connectivity index (χ3v) is 4.80. The highest BCUT2D eigenvalue weighted by atomic mass is 16.6. The minimum atomic E-state index is 0.194. The lowest BCUT2D eigenvalue weighted by atomic mass is 9.86. The summed E-state index contributed by atoms with van der Waals surface area (Å²) in [4.78, 5) is 12.2. The standard InChI is InChI=1S/C15H25NO3/c17-15(11-4-2-1-3-5-11)16-12-6-7-13-14(10-12)19-9-8-18-13/h11-14H,1-10H2,(H,16,17). The van der Waals surface area contributed by atoms with Crippen LogP contribution in [0.2, 0.25) is 0 Å². The summed E-state index contributed by atoms with van der Waals surface area (Å²) in [6, 6.07) is 0.289. The molecule has 1 N–H and O–H groups in total. The molecule has 4 nitrogen and oxygen atoms in total. The average Bonchev–Trinajstić information content (AvgIpc) is 2.48. The molecule has 0 spiro atoms. The number of hydrogen-bond acceptors (Lipinski definition) is 3. The lowest BCUT2D eigenvalue weighted by Crippen LogP contribution is -2.50. The van der Waals surface area contributed by atoms with Gasteiger partial charge in [0.1, 0.15) is 0 Å². The van der Waals surface area contributed by atoms with Crippen molar-refractivity contribution in [3.8, 4) is 0 Å². The number of rotatable bonds is 2. The molecule has 3 atom stereocenters. The second-order valence-corrected chi connectivity index (χ2v) is 6.17. The largest absolute Gasteiger partial charge is 0.373 e. The van der Waals surface area contributed by atoms with E-state index in [2.05, 4.69) is 5.32 Å². The first kappa shape index (κ1) is 13.4. The molecule has 2 aliphatic carbocycles. The van der Waals surface area contributed by atoms with Gasteiger partial charge in [-0.2, -0.15) is 0 Å². The maximum absolute atomic E-state index is 12.2. The van der Waals surface area contributed by atoms with E-state index in [0.29, 0.717) is 6.61 Å². The van der Waals surface area contributed by atoms with Crippen molar-refractivity contribution in [3.63, 3.8) is 0 Å². The average molecular weight is 267 g/mol. The van der Waals surface area contributed by atoms with Gasteiger partial charge in [0.15, 0.2) is 0 Å². The number of hydrogen-bond donors (Lipinski definition) is 1. The SMILES string of the molecule is O=C(NC1CCC2OCCOC2C1)C1CCCCC1. The van der Waals surface area contributed by atoms with Gasteiger partial charge in [-0.25, -0.2) is 0 Å². The smallest absolute Gasteiger partial charge is 0.223 e. The van der Waals surface area contributed by atoms with E-state index < -0.39 is 0 Å². The Morgan fingerprint density at radius 2 is 1.63 bits per heavy atom. The second-order valence-electron chi connectivity index (χ2n) is 6.17. The lowest BCUT2D eigenvalue weighted by molar-refractivity contribution is -0.159. The summed E-state index contributed by atoms with van der Waals surface area (Å²) in [5, 5.41) is 3.25. The zero-order chi connectivity index (χ0) is 13.1. The maximum Gasteiger partial charge on any atom is 0.223 e. The van der Waals surface area contributed by atoms with Crippen LogP contribution in [0.25, 0.3) is 0 Å². The van der Waals surface area contributed by atoms with Crippen molar-refractivity contribution in [2.75, 3.05) is 13.2 Å². The van der Waals surface area contributed by atoms with Gasteiger partial charge < -0.3 is 14.8 Å². The van der Waals surface area contributed by atoms with Crippen LogP contribution in [-0.4, -0.2) is 37.4 Å². The molecule has 0 aromatic rings. The topological polar surface area (TPSA) is 47.6 Å². The molecule has 1 saturated heterocycles. The van der Waals surface area contributed by atoms with Crippen molar-refractivity contribution in [2.24, 2.45) is 5.92 Å². The van der Waals surface area contributed by atoms with E-state index in [1.54, 1.807) is 0 Å². The number of nitrogens with one attached hydrogen (secondary N) is 1. The Bertz CT molecular complexity index is 315. The molecule has 3 unspecified atom stereocenters. The fourth-order valence-corrected chi connectivity index (χ4v) is 3.68. The summed E-state index contributed by atoms with van der Waals surface area (Å²) < 4.78 is 11.5. The van der Waals surface area contributed by atoms with E-state index in [0.717, 1.165) is 38.7 Å². The Kier molecular flexibility index (Phi) is 4.38. The molecule has 0 aromatic heterocycles. The molecular weight excluding hydrogens is 242 g/mol. The molecule has 0 radical (unpaired) electrons. The Balaban J connectivity index is 1.48. The molecule has 0 bridgehead atoms. The van der Waals surface area contributed by atoms with Crippen LogP contribution in [0, 0.1) is 5.92 Å². The molecule has 1 aliphatic heterocycles. The molecule has 3 fully saturated rings. The van der Waals surface area contributed by atoms with E-state index >= 15 is 0 Å². The summed E-state index contributed by atoms with van der Waals surface area (Å²) >= 11 is 0. The van der Waals surface area contributed by atoms with Crippen LogP contribution in [0.1, 0.15) is 51.4 Å². The molecule has 108 valence electrons. The van der Waals surface area contributed by atoms with Crippen LogP contribution >= 0.6 is 0 Å². The van der Waals surface area contributed by atoms with Crippen molar-refractivity contribution in [1.82, 2.24) is 5.32 Å². The van der Waals surface area contributed by atoms with E-state index in [1.807, 2.05) is 0 Å². The molecule has 19 heavy (non-hydrogen) atoms. The zero-order valence-corrected chi connectivity index (χ0v) is 11.6. The van der Waals surface area contributed by atoms with E-state index in [9.17, 15) is 4.79 Å². The predicted octanol–water partition coefficient (Wildman–Crippen LogP) is 2.02. The van der Waals surface area contributed by atoms with Gasteiger partial charge in [0.05, 0.1) is 25.4 Å². The highest BCUT2D eigenvalue weighted by Crippen LogP contribution is 2.28. The van der Waals surface area contributed by atoms with Gasteiger partial charge in [-0.1, -0.05) is 19.3 Å². The number of fused-ring (bicyclic) bond motifs is 1. The Morgan fingerprint density at radius 3 is 2.42 bits per heavy atom. The fraction of sp³-hybridized carbons (Fsp3) is 0.933. The number of carbonyl (C=O) groups excluding carboxylic acids is 1. The molecule has 3 rings (SSSR count). The predicted molar refractivity (Wildman–Crippen MR) is 71.8 cm³/mol. The first-order valence-corrected chi connectivity index (χ1v) is 7.86. The minimum absolute atomic E-state index is 0.194. The Hall–Kier alpha value is -0.610. The molecule has 3 aliphatic rings. The van der Waals surface area contributed by atoms with E-state index in [1.165, 1.54) is 19.3 Å². The number of ether oxygens (including phenoxy) is 2. The molecular formula is C15H25NO3. The van der Waals surface area contributed by atoms with Crippen LogP contribution in [0.4, 0.5) is 0 Å². The van der Waals surface area contributed by atoms with Crippen molar-refractivity contribution < 1.29 is 14.3 Å². The molecule has 1 heterocycles. The third kappa shape index (κ3) is 3.29. The van der Waals surface area contributed by atoms with Crippen LogP contribution < -0.4 is 5.32 Å². The van der Waals surface area contributed by atoms with Gasteiger partial charge in [-0.05, 0) is 32.1 Å². The third-order valence-electron chi connectivity index (χ3n) is 4.80. The molecule has 0 aromatic carbocycles. The molecule has 1 amide bonds. The number of carbonyl (C=O) groups is 1. The quantitative estimate of drug-likeness (QED) is 0.832. The summed E-state index contributed by atoms with van der Waals surface area (Å²) in [6.45, 7) is 1.42. The normalized spacial score (nSPS) is 36.5. The fourth-order valence-electron chi connectivity index (χ4n) is 3.68. The Morgan fingerprint density at radius 1 is 0.895 bits per heavy atom. The first-order chi connectivity index (χ1) is 9.33. The maximum atomic E-state index is 12.2. The highest BCUT2D eigenvalue weighted by Gasteiger charge is 2.35. The summed E-state index contributed by atoms with van der Waals surface area (Å²) in [7, 11) is 0. The van der Waals surface area contributed by atoms with Gasteiger partial charge in [0.2, 0.25) is 5.91 Å². The van der Waals surface area contributed by atoms with Gasteiger partial charge in [-0.15, -0.1) is 0 Å². The molecule has 2 saturated carbocycles. The Labute approximate surface area is 115 Å². The van der Waals surface area contributed by atoms with Crippen molar-refractivity contribution >= 4 is 5.91 Å². The summed E-state index contributed by atoms with van der Waals surface area (Å²) in [6.07, 6.45) is 9.29. The van der Waals surface area contributed by atoms with Crippen molar-refractivity contribution in [1.29, 1.82) is 0 Å². The first-order valence-electron chi connectivity index (χ1n) is 7.86. The summed E-state index contributed by atoms with van der Waals surface area (Å²) in [5.74, 6) is 0.537. The zero-order valence-electron chi connectivity index (χ0n) is 11.6. The lowest BCUT2D eigenvalue weighted by Gasteiger charge is -2.39. The van der Waals surface area contributed by atoms with Gasteiger partial charge in [0.25, 0.3) is 0 Å².